The van der Waals surface area contributed by atoms with Gasteiger partial charge in [-0.25, -0.2) is 0 Å². The Bertz CT molecular complexity index is 866. The monoisotopic (exact) mass is 338 g/mol. The van der Waals surface area contributed by atoms with Gasteiger partial charge >= 0.3 is 0 Å². The molecule has 0 radical (unpaired) electrons. The van der Waals surface area contributed by atoms with Crippen LogP contribution in [0.4, 0.5) is 0 Å². The molecule has 25 heavy (non-hydrogen) atoms. The van der Waals surface area contributed by atoms with E-state index in [1.807, 2.05) is 38.1 Å². The molecule has 0 atom stereocenters. The molecule has 4 nitrogen and oxygen atoms in total. The van der Waals surface area contributed by atoms with Crippen molar-refractivity contribution in [3.63, 3.8) is 0 Å². The van der Waals surface area contributed by atoms with Crippen LogP contribution in [0.15, 0.2) is 39.8 Å². The van der Waals surface area contributed by atoms with Crippen LogP contribution >= 0.6 is 0 Å². The van der Waals surface area contributed by atoms with Crippen LogP contribution in [-0.4, -0.2) is 18.7 Å². The quantitative estimate of drug-likeness (QED) is 0.794. The van der Waals surface area contributed by atoms with E-state index in [1.54, 1.807) is 14.0 Å². The van der Waals surface area contributed by atoms with Crippen molar-refractivity contribution in [2.75, 3.05) is 7.11 Å². The Morgan fingerprint density at radius 2 is 1.72 bits per heavy atom. The van der Waals surface area contributed by atoms with Crippen molar-refractivity contribution < 1.29 is 18.7 Å². The van der Waals surface area contributed by atoms with Crippen molar-refractivity contribution in [3.8, 4) is 5.75 Å². The molecule has 1 heterocycles. The number of ether oxygens (including phenoxy) is 1. The predicted octanol–water partition coefficient (Wildman–Crippen LogP) is 4.68. The third-order valence-corrected chi connectivity index (χ3v) is 4.77. The molecule has 0 fully saturated rings. The first kappa shape index (κ1) is 17.2. The van der Waals surface area contributed by atoms with Crippen LogP contribution in [0.25, 0.3) is 0 Å². The van der Waals surface area contributed by atoms with E-state index in [1.165, 1.54) is 0 Å². The number of carbonyl (C=O) groups excluding carboxylic acids is 2. The van der Waals surface area contributed by atoms with Crippen LogP contribution in [0.3, 0.4) is 0 Å². The zero-order valence-corrected chi connectivity index (χ0v) is 15.1. The van der Waals surface area contributed by atoms with E-state index < -0.39 is 0 Å². The largest absolute Gasteiger partial charge is 0.497 e. The van der Waals surface area contributed by atoms with Gasteiger partial charge < -0.3 is 9.15 Å². The highest BCUT2D eigenvalue weighted by Crippen LogP contribution is 2.34. The summed E-state index contributed by atoms with van der Waals surface area (Å²) in [7, 11) is 1.63. The Morgan fingerprint density at radius 1 is 1.04 bits per heavy atom. The van der Waals surface area contributed by atoms with Crippen LogP contribution < -0.4 is 4.74 Å². The maximum Gasteiger partial charge on any atom is 0.225 e. The van der Waals surface area contributed by atoms with Gasteiger partial charge in [0.15, 0.2) is 11.5 Å². The molecule has 0 bridgehead atoms. The van der Waals surface area contributed by atoms with Gasteiger partial charge in [0.1, 0.15) is 11.5 Å². The maximum absolute atomic E-state index is 12.7. The summed E-state index contributed by atoms with van der Waals surface area (Å²) in [5, 5.41) is 0. The second-order valence-corrected chi connectivity index (χ2v) is 6.39. The summed E-state index contributed by atoms with van der Waals surface area (Å²) in [5.74, 6) is 1.44. The third kappa shape index (κ3) is 2.93. The van der Waals surface area contributed by atoms with Crippen molar-refractivity contribution in [2.45, 2.75) is 40.0 Å². The summed E-state index contributed by atoms with van der Waals surface area (Å²) in [6.45, 7) is 5.59. The fraction of sp³-hybridized carbons (Fsp3) is 0.333. The van der Waals surface area contributed by atoms with Crippen molar-refractivity contribution in [3.05, 3.63) is 63.6 Å². The van der Waals surface area contributed by atoms with Crippen LogP contribution in [0.2, 0.25) is 0 Å². The number of Topliss-reactive ketones (excluding diaryl/α,β-unsaturated/α-hetero) is 2. The molecular formula is C21H22O4. The SMILES string of the molecule is CCCC1=C(C)C(=O)c2c(oc(Cc3ccc(OC)cc3)c2C)C1=O. The van der Waals surface area contributed by atoms with Gasteiger partial charge in [-0.2, -0.15) is 0 Å². The lowest BCUT2D eigenvalue weighted by Gasteiger charge is -2.14. The molecule has 1 aromatic heterocycles. The summed E-state index contributed by atoms with van der Waals surface area (Å²) in [6.07, 6.45) is 1.95. The molecule has 1 aromatic carbocycles. The lowest BCUT2D eigenvalue weighted by molar-refractivity contribution is 0.0951. The van der Waals surface area contributed by atoms with E-state index in [4.69, 9.17) is 9.15 Å². The molecule has 0 saturated heterocycles. The number of hydrogen-bond acceptors (Lipinski definition) is 4. The first-order valence-corrected chi connectivity index (χ1v) is 8.52. The van der Waals surface area contributed by atoms with Crippen molar-refractivity contribution in [2.24, 2.45) is 0 Å². The van der Waals surface area contributed by atoms with Crippen LogP contribution in [0, 0.1) is 6.92 Å². The zero-order chi connectivity index (χ0) is 18.1. The average Bonchev–Trinajstić information content (AvgIpc) is 2.94. The molecular weight excluding hydrogens is 316 g/mol. The summed E-state index contributed by atoms with van der Waals surface area (Å²) in [5.41, 5.74) is 3.38. The number of rotatable bonds is 5. The highest BCUT2D eigenvalue weighted by atomic mass is 16.5. The van der Waals surface area contributed by atoms with Crippen molar-refractivity contribution in [1.29, 1.82) is 0 Å². The standard InChI is InChI=1S/C21H22O4/c1-5-6-16-12(2)19(22)18-13(3)17(25-21(18)20(16)23)11-14-7-9-15(24-4)10-8-14/h7-10H,5-6,11H2,1-4H3. The summed E-state index contributed by atoms with van der Waals surface area (Å²) in [6, 6.07) is 7.68. The normalized spacial score (nSPS) is 14.1. The van der Waals surface area contributed by atoms with E-state index in [-0.39, 0.29) is 17.3 Å². The molecule has 0 N–H and O–H groups in total. The predicted molar refractivity (Wildman–Crippen MR) is 95.5 cm³/mol. The molecule has 0 unspecified atom stereocenters. The average molecular weight is 338 g/mol. The van der Waals surface area contributed by atoms with Gasteiger partial charge in [-0.15, -0.1) is 0 Å². The molecule has 3 rings (SSSR count). The maximum atomic E-state index is 12.7. The molecule has 1 aliphatic rings. The Morgan fingerprint density at radius 3 is 2.32 bits per heavy atom. The number of fused-ring (bicyclic) bond motifs is 1. The molecule has 0 saturated carbocycles. The smallest absolute Gasteiger partial charge is 0.225 e. The molecule has 4 heteroatoms. The second-order valence-electron chi connectivity index (χ2n) is 6.39. The Balaban J connectivity index is 1.97. The zero-order valence-electron chi connectivity index (χ0n) is 15.1. The van der Waals surface area contributed by atoms with Gasteiger partial charge in [-0.05, 0) is 38.0 Å². The lowest BCUT2D eigenvalue weighted by atomic mass is 9.85. The number of benzene rings is 1. The Labute approximate surface area is 147 Å². The first-order chi connectivity index (χ1) is 12.0. The van der Waals surface area contributed by atoms with Gasteiger partial charge in [0, 0.05) is 23.1 Å². The van der Waals surface area contributed by atoms with E-state index in [2.05, 4.69) is 0 Å². The molecule has 1 aliphatic carbocycles. The van der Waals surface area contributed by atoms with E-state index in [9.17, 15) is 9.59 Å². The topological polar surface area (TPSA) is 56.5 Å². The minimum Gasteiger partial charge on any atom is -0.497 e. The Kier molecular flexibility index (Phi) is 4.62. The van der Waals surface area contributed by atoms with Crippen molar-refractivity contribution in [1.82, 2.24) is 0 Å². The fourth-order valence-corrected chi connectivity index (χ4v) is 3.27. The molecule has 2 aromatic rings. The van der Waals surface area contributed by atoms with Gasteiger partial charge in [-0.1, -0.05) is 25.5 Å². The molecule has 0 amide bonds. The van der Waals surface area contributed by atoms with E-state index in [0.29, 0.717) is 35.3 Å². The second kappa shape index (κ2) is 6.71. The number of ketones is 2. The van der Waals surface area contributed by atoms with E-state index >= 15 is 0 Å². The first-order valence-electron chi connectivity index (χ1n) is 8.52. The fourth-order valence-electron chi connectivity index (χ4n) is 3.27. The molecule has 130 valence electrons. The van der Waals surface area contributed by atoms with Crippen LogP contribution in [-0.2, 0) is 6.42 Å². The van der Waals surface area contributed by atoms with E-state index in [0.717, 1.165) is 23.3 Å². The minimum absolute atomic E-state index is 0.0831. The van der Waals surface area contributed by atoms with Gasteiger partial charge in [0.25, 0.3) is 0 Å². The number of carbonyl (C=O) groups is 2. The number of allylic oxidation sites excluding steroid dienone is 2. The minimum atomic E-state index is -0.141. The van der Waals surface area contributed by atoms with Crippen LogP contribution in [0.5, 0.6) is 5.75 Å². The highest BCUT2D eigenvalue weighted by molar-refractivity contribution is 6.26. The number of hydrogen-bond donors (Lipinski definition) is 0. The summed E-state index contributed by atoms with van der Waals surface area (Å²) in [4.78, 5) is 25.5. The van der Waals surface area contributed by atoms with Crippen LogP contribution in [0.1, 0.15) is 64.5 Å². The third-order valence-electron chi connectivity index (χ3n) is 4.77. The summed E-state index contributed by atoms with van der Waals surface area (Å²) >= 11 is 0. The molecule has 0 aliphatic heterocycles. The number of furan rings is 1. The highest BCUT2D eigenvalue weighted by Gasteiger charge is 2.35. The summed E-state index contributed by atoms with van der Waals surface area (Å²) < 4.78 is 11.0. The van der Waals surface area contributed by atoms with Gasteiger partial charge in [0.2, 0.25) is 5.78 Å². The number of methoxy groups -OCH3 is 1. The lowest BCUT2D eigenvalue weighted by Crippen LogP contribution is -2.20. The van der Waals surface area contributed by atoms with Gasteiger partial charge in [-0.3, -0.25) is 9.59 Å². The van der Waals surface area contributed by atoms with Crippen molar-refractivity contribution >= 4 is 11.6 Å². The van der Waals surface area contributed by atoms with Gasteiger partial charge in [0.05, 0.1) is 12.7 Å². The molecule has 0 spiro atoms. The Hall–Kier alpha value is -2.62.